The molecule has 2 rings (SSSR count). The summed E-state index contributed by atoms with van der Waals surface area (Å²) in [6.07, 6.45) is 0. The summed E-state index contributed by atoms with van der Waals surface area (Å²) in [6, 6.07) is 5.71. The predicted molar refractivity (Wildman–Crippen MR) is 79.2 cm³/mol. The fourth-order valence-electron chi connectivity index (χ4n) is 1.72. The molecule has 20 heavy (non-hydrogen) atoms. The van der Waals surface area contributed by atoms with Crippen LogP contribution in [-0.4, -0.2) is 16.0 Å². The number of hydrogen-bond donors (Lipinski definition) is 2. The molecule has 0 aliphatic carbocycles. The highest BCUT2D eigenvalue weighted by molar-refractivity contribution is 7.98. The number of nitrogens with two attached hydrogens (primary N) is 1. The van der Waals surface area contributed by atoms with Crippen LogP contribution in [0.15, 0.2) is 33.0 Å². The van der Waals surface area contributed by atoms with Crippen LogP contribution in [0.25, 0.3) is 0 Å². The van der Waals surface area contributed by atoms with Crippen molar-refractivity contribution in [3.63, 3.8) is 0 Å². The standard InChI is InChI=1S/C14H17N3O2S/c1-8-6-11(13(15)17-18)4-5-12(8)7-20-14-16-9(2)10(3)19-14/h4-6,18H,7H2,1-3H3,(H2,15,17). The molecule has 0 bridgehead atoms. The van der Waals surface area contributed by atoms with Crippen LogP contribution < -0.4 is 5.73 Å². The zero-order valence-electron chi connectivity index (χ0n) is 11.7. The molecule has 0 fully saturated rings. The van der Waals surface area contributed by atoms with E-state index < -0.39 is 0 Å². The quantitative estimate of drug-likeness (QED) is 0.297. The number of oxazole rings is 1. The van der Waals surface area contributed by atoms with Crippen molar-refractivity contribution in [2.45, 2.75) is 31.7 Å². The molecule has 1 aromatic carbocycles. The molecule has 0 atom stereocenters. The first-order valence-corrected chi connectivity index (χ1v) is 7.14. The summed E-state index contributed by atoms with van der Waals surface area (Å²) in [4.78, 5) is 4.34. The Labute approximate surface area is 121 Å². The zero-order chi connectivity index (χ0) is 14.7. The summed E-state index contributed by atoms with van der Waals surface area (Å²) in [5.74, 6) is 1.74. The molecule has 0 aliphatic rings. The van der Waals surface area contributed by atoms with E-state index in [0.717, 1.165) is 28.3 Å². The van der Waals surface area contributed by atoms with Gasteiger partial charge in [0.25, 0.3) is 5.22 Å². The van der Waals surface area contributed by atoms with Gasteiger partial charge in [0, 0.05) is 11.3 Å². The summed E-state index contributed by atoms with van der Waals surface area (Å²) in [6.45, 7) is 5.83. The van der Waals surface area contributed by atoms with Gasteiger partial charge in [0.2, 0.25) is 0 Å². The lowest BCUT2D eigenvalue weighted by molar-refractivity contribution is 0.318. The summed E-state index contributed by atoms with van der Waals surface area (Å²) in [7, 11) is 0. The Kier molecular flexibility index (Phi) is 4.34. The van der Waals surface area contributed by atoms with Crippen LogP contribution in [0.1, 0.15) is 28.1 Å². The summed E-state index contributed by atoms with van der Waals surface area (Å²) in [5, 5.41) is 12.3. The second-order valence-electron chi connectivity index (χ2n) is 4.54. The minimum atomic E-state index is 0.117. The van der Waals surface area contributed by atoms with E-state index in [0.29, 0.717) is 10.8 Å². The highest BCUT2D eigenvalue weighted by Crippen LogP contribution is 2.25. The largest absolute Gasteiger partial charge is 0.437 e. The van der Waals surface area contributed by atoms with Crippen LogP contribution in [0.5, 0.6) is 0 Å². The lowest BCUT2D eigenvalue weighted by Crippen LogP contribution is -2.13. The fraction of sp³-hybridized carbons (Fsp3) is 0.286. The molecule has 1 aromatic heterocycles. The summed E-state index contributed by atoms with van der Waals surface area (Å²) >= 11 is 1.55. The van der Waals surface area contributed by atoms with Crippen molar-refractivity contribution < 1.29 is 9.62 Å². The number of benzene rings is 1. The smallest absolute Gasteiger partial charge is 0.256 e. The van der Waals surface area contributed by atoms with Crippen LogP contribution in [-0.2, 0) is 5.75 Å². The number of aromatic nitrogens is 1. The van der Waals surface area contributed by atoms with Crippen LogP contribution in [0.3, 0.4) is 0 Å². The SMILES string of the molecule is Cc1cc(/C(N)=N/O)ccc1CSc1nc(C)c(C)o1. The lowest BCUT2D eigenvalue weighted by Gasteiger charge is -2.06. The van der Waals surface area contributed by atoms with Crippen molar-refractivity contribution in [1.29, 1.82) is 0 Å². The molecule has 3 N–H and O–H groups in total. The predicted octanol–water partition coefficient (Wildman–Crippen LogP) is 2.99. The van der Waals surface area contributed by atoms with Gasteiger partial charge in [-0.2, -0.15) is 0 Å². The third-order valence-corrected chi connectivity index (χ3v) is 3.98. The molecule has 0 unspecified atom stereocenters. The Bertz CT molecular complexity index is 630. The van der Waals surface area contributed by atoms with E-state index in [1.807, 2.05) is 39.0 Å². The number of nitrogens with zero attached hydrogens (tertiary/aromatic N) is 2. The Morgan fingerprint density at radius 2 is 2.15 bits per heavy atom. The van der Waals surface area contributed by atoms with Crippen LogP contribution >= 0.6 is 11.8 Å². The fourth-order valence-corrected chi connectivity index (χ4v) is 2.71. The molecule has 0 spiro atoms. The minimum absolute atomic E-state index is 0.117. The van der Waals surface area contributed by atoms with Gasteiger partial charge in [0.15, 0.2) is 5.84 Å². The molecule has 0 aliphatic heterocycles. The van der Waals surface area contributed by atoms with Crippen LogP contribution in [0.2, 0.25) is 0 Å². The first-order chi connectivity index (χ1) is 9.51. The van der Waals surface area contributed by atoms with Gasteiger partial charge in [-0.15, -0.1) is 0 Å². The van der Waals surface area contributed by atoms with Gasteiger partial charge < -0.3 is 15.4 Å². The molecule has 6 heteroatoms. The van der Waals surface area contributed by atoms with E-state index in [1.54, 1.807) is 11.8 Å². The number of hydrogen-bond acceptors (Lipinski definition) is 5. The molecule has 0 saturated heterocycles. The van der Waals surface area contributed by atoms with Gasteiger partial charge in [-0.25, -0.2) is 4.98 Å². The van der Waals surface area contributed by atoms with Gasteiger partial charge in [-0.3, -0.25) is 0 Å². The number of oxime groups is 1. The number of amidine groups is 1. The molecular formula is C14H17N3O2S. The number of rotatable bonds is 4. The Morgan fingerprint density at radius 3 is 2.70 bits per heavy atom. The highest BCUT2D eigenvalue weighted by atomic mass is 32.2. The average Bonchev–Trinajstić information content (AvgIpc) is 2.75. The van der Waals surface area contributed by atoms with Crippen molar-refractivity contribution in [3.05, 3.63) is 46.3 Å². The van der Waals surface area contributed by atoms with E-state index in [9.17, 15) is 0 Å². The first kappa shape index (κ1) is 14.5. The first-order valence-electron chi connectivity index (χ1n) is 6.15. The van der Waals surface area contributed by atoms with E-state index in [4.69, 9.17) is 15.4 Å². The molecule has 106 valence electrons. The number of aryl methyl sites for hydroxylation is 3. The highest BCUT2D eigenvalue weighted by Gasteiger charge is 2.08. The van der Waals surface area contributed by atoms with Crippen molar-refractivity contribution in [2.75, 3.05) is 0 Å². The van der Waals surface area contributed by atoms with Crippen LogP contribution in [0.4, 0.5) is 0 Å². The van der Waals surface area contributed by atoms with Crippen LogP contribution in [0, 0.1) is 20.8 Å². The van der Waals surface area contributed by atoms with Crippen molar-refractivity contribution >= 4 is 17.6 Å². The number of thioether (sulfide) groups is 1. The lowest BCUT2D eigenvalue weighted by atomic mass is 10.1. The second-order valence-corrected chi connectivity index (χ2v) is 5.46. The van der Waals surface area contributed by atoms with E-state index in [-0.39, 0.29) is 5.84 Å². The summed E-state index contributed by atoms with van der Waals surface area (Å²) < 4.78 is 5.53. The molecule has 2 aromatic rings. The molecule has 0 radical (unpaired) electrons. The minimum Gasteiger partial charge on any atom is -0.437 e. The monoisotopic (exact) mass is 291 g/mol. The topological polar surface area (TPSA) is 84.6 Å². The normalized spacial score (nSPS) is 11.8. The summed E-state index contributed by atoms with van der Waals surface area (Å²) in [5.41, 5.74) is 9.45. The van der Waals surface area contributed by atoms with Gasteiger partial charge in [-0.1, -0.05) is 29.1 Å². The Morgan fingerprint density at radius 1 is 1.40 bits per heavy atom. The molecule has 1 heterocycles. The zero-order valence-corrected chi connectivity index (χ0v) is 12.5. The van der Waals surface area contributed by atoms with Gasteiger partial charge in [0.05, 0.1) is 5.69 Å². The maximum absolute atomic E-state index is 8.67. The van der Waals surface area contributed by atoms with Gasteiger partial charge >= 0.3 is 0 Å². The van der Waals surface area contributed by atoms with E-state index in [1.165, 1.54) is 0 Å². The maximum atomic E-state index is 8.67. The Balaban J connectivity index is 2.10. The molecule has 5 nitrogen and oxygen atoms in total. The third kappa shape index (κ3) is 3.14. The van der Waals surface area contributed by atoms with Crippen molar-refractivity contribution in [2.24, 2.45) is 10.9 Å². The van der Waals surface area contributed by atoms with E-state index in [2.05, 4.69) is 10.1 Å². The molecular weight excluding hydrogens is 274 g/mol. The molecule has 0 saturated carbocycles. The Hall–Kier alpha value is -1.95. The average molecular weight is 291 g/mol. The second kappa shape index (κ2) is 6.00. The molecule has 0 amide bonds. The van der Waals surface area contributed by atoms with Gasteiger partial charge in [0.1, 0.15) is 5.76 Å². The van der Waals surface area contributed by atoms with Crippen molar-refractivity contribution in [3.8, 4) is 0 Å². The van der Waals surface area contributed by atoms with Crippen molar-refractivity contribution in [1.82, 2.24) is 4.98 Å². The third-order valence-electron chi connectivity index (χ3n) is 3.11. The van der Waals surface area contributed by atoms with Gasteiger partial charge in [-0.05, 0) is 38.0 Å². The maximum Gasteiger partial charge on any atom is 0.256 e. The van der Waals surface area contributed by atoms with E-state index >= 15 is 0 Å².